The molecule has 0 bridgehead atoms. The van der Waals surface area contributed by atoms with Crippen molar-refractivity contribution in [3.05, 3.63) is 29.8 Å². The molecule has 1 aliphatic rings. The minimum atomic E-state index is 0.639. The van der Waals surface area contributed by atoms with Gasteiger partial charge in [-0.25, -0.2) is 0 Å². The van der Waals surface area contributed by atoms with E-state index in [4.69, 9.17) is 4.74 Å². The average Bonchev–Trinajstić information content (AvgIpc) is 2.48. The molecule has 0 saturated carbocycles. The third-order valence-corrected chi connectivity index (χ3v) is 4.21. The molecule has 1 heterocycles. The van der Waals surface area contributed by atoms with Gasteiger partial charge in [-0.15, -0.1) is 0 Å². The number of ether oxygens (including phenoxy) is 1. The van der Waals surface area contributed by atoms with E-state index in [-0.39, 0.29) is 0 Å². The highest BCUT2D eigenvalue weighted by molar-refractivity contribution is 5.29. The molecular weight excluding hydrogens is 234 g/mol. The highest BCUT2D eigenvalue weighted by atomic mass is 16.5. The summed E-state index contributed by atoms with van der Waals surface area (Å²) in [4.78, 5) is 0. The van der Waals surface area contributed by atoms with E-state index in [0.717, 1.165) is 18.8 Å². The van der Waals surface area contributed by atoms with Gasteiger partial charge in [0.1, 0.15) is 5.75 Å². The standard InChI is InChI=1S/C17H27NO/c1-3-14(2)15-7-9-17(10-8-15)19-13-11-16-6-4-5-12-18-16/h7-10,14,16,18H,3-6,11-13H2,1-2H3/t14-,16-/m0/s1. The Morgan fingerprint density at radius 1 is 1.26 bits per heavy atom. The molecule has 0 amide bonds. The van der Waals surface area contributed by atoms with Crippen molar-refractivity contribution in [2.24, 2.45) is 0 Å². The van der Waals surface area contributed by atoms with Crippen LogP contribution in [0.2, 0.25) is 0 Å². The van der Waals surface area contributed by atoms with Crippen LogP contribution in [0.4, 0.5) is 0 Å². The van der Waals surface area contributed by atoms with Gasteiger partial charge in [0.15, 0.2) is 0 Å². The van der Waals surface area contributed by atoms with Crippen LogP contribution in [0.1, 0.15) is 57.4 Å². The molecule has 0 unspecified atom stereocenters. The summed E-state index contributed by atoms with van der Waals surface area (Å²) in [6.45, 7) is 6.49. The van der Waals surface area contributed by atoms with Gasteiger partial charge in [-0.3, -0.25) is 0 Å². The second kappa shape index (κ2) is 7.54. The minimum Gasteiger partial charge on any atom is -0.494 e. The first-order valence-corrected chi connectivity index (χ1v) is 7.75. The fraction of sp³-hybridized carbons (Fsp3) is 0.647. The second-order valence-electron chi connectivity index (χ2n) is 5.66. The van der Waals surface area contributed by atoms with E-state index in [1.165, 1.54) is 37.8 Å². The maximum Gasteiger partial charge on any atom is 0.119 e. The molecule has 1 aromatic rings. The van der Waals surface area contributed by atoms with Crippen LogP contribution in [0.3, 0.4) is 0 Å². The molecule has 1 aromatic carbocycles. The zero-order valence-corrected chi connectivity index (χ0v) is 12.3. The van der Waals surface area contributed by atoms with Crippen molar-refractivity contribution in [3.8, 4) is 5.75 Å². The van der Waals surface area contributed by atoms with E-state index < -0.39 is 0 Å². The summed E-state index contributed by atoms with van der Waals surface area (Å²) < 4.78 is 5.84. The molecular formula is C17H27NO. The van der Waals surface area contributed by atoms with Gasteiger partial charge >= 0.3 is 0 Å². The largest absolute Gasteiger partial charge is 0.494 e. The van der Waals surface area contributed by atoms with Gasteiger partial charge in [-0.2, -0.15) is 0 Å². The average molecular weight is 261 g/mol. The second-order valence-corrected chi connectivity index (χ2v) is 5.66. The molecule has 1 fully saturated rings. The van der Waals surface area contributed by atoms with Gasteiger partial charge < -0.3 is 10.1 Å². The zero-order chi connectivity index (χ0) is 13.5. The summed E-state index contributed by atoms with van der Waals surface area (Å²) in [6.07, 6.45) is 6.30. The van der Waals surface area contributed by atoms with Crippen LogP contribution < -0.4 is 10.1 Å². The fourth-order valence-corrected chi connectivity index (χ4v) is 2.62. The lowest BCUT2D eigenvalue weighted by molar-refractivity contribution is 0.268. The molecule has 1 aliphatic heterocycles. The van der Waals surface area contributed by atoms with Crippen molar-refractivity contribution in [2.45, 2.75) is 57.9 Å². The van der Waals surface area contributed by atoms with E-state index in [1.807, 2.05) is 0 Å². The van der Waals surface area contributed by atoms with Crippen molar-refractivity contribution in [1.29, 1.82) is 0 Å². The lowest BCUT2D eigenvalue weighted by Gasteiger charge is -2.23. The van der Waals surface area contributed by atoms with Crippen LogP contribution in [0, 0.1) is 0 Å². The van der Waals surface area contributed by atoms with E-state index in [0.29, 0.717) is 12.0 Å². The lowest BCUT2D eigenvalue weighted by Crippen LogP contribution is -2.35. The Kier molecular flexibility index (Phi) is 5.71. The van der Waals surface area contributed by atoms with Gasteiger partial charge in [0.05, 0.1) is 6.61 Å². The third-order valence-electron chi connectivity index (χ3n) is 4.21. The number of nitrogens with one attached hydrogen (secondary N) is 1. The summed E-state index contributed by atoms with van der Waals surface area (Å²) in [6, 6.07) is 9.27. The maximum absolute atomic E-state index is 5.84. The number of rotatable bonds is 6. The van der Waals surface area contributed by atoms with E-state index in [2.05, 4.69) is 43.4 Å². The van der Waals surface area contributed by atoms with Crippen molar-refractivity contribution < 1.29 is 4.74 Å². The Morgan fingerprint density at radius 2 is 2.05 bits per heavy atom. The monoisotopic (exact) mass is 261 g/mol. The smallest absolute Gasteiger partial charge is 0.119 e. The molecule has 2 nitrogen and oxygen atoms in total. The Balaban J connectivity index is 1.73. The first-order valence-electron chi connectivity index (χ1n) is 7.75. The van der Waals surface area contributed by atoms with Crippen molar-refractivity contribution >= 4 is 0 Å². The molecule has 1 saturated heterocycles. The van der Waals surface area contributed by atoms with Gasteiger partial charge in [0.2, 0.25) is 0 Å². The molecule has 0 aromatic heterocycles. The topological polar surface area (TPSA) is 21.3 Å². The first kappa shape index (κ1) is 14.4. The van der Waals surface area contributed by atoms with Crippen molar-refractivity contribution in [2.75, 3.05) is 13.2 Å². The summed E-state index contributed by atoms with van der Waals surface area (Å²) >= 11 is 0. The van der Waals surface area contributed by atoms with Gasteiger partial charge in [0.25, 0.3) is 0 Å². The molecule has 0 aliphatic carbocycles. The number of piperidine rings is 1. The van der Waals surface area contributed by atoms with Crippen LogP contribution in [-0.2, 0) is 0 Å². The van der Waals surface area contributed by atoms with Crippen LogP contribution in [0.25, 0.3) is 0 Å². The van der Waals surface area contributed by atoms with Gasteiger partial charge in [0, 0.05) is 6.04 Å². The van der Waals surface area contributed by atoms with E-state index in [9.17, 15) is 0 Å². The van der Waals surface area contributed by atoms with Crippen LogP contribution >= 0.6 is 0 Å². The summed E-state index contributed by atoms with van der Waals surface area (Å²) in [7, 11) is 0. The number of hydrogen-bond acceptors (Lipinski definition) is 2. The lowest BCUT2D eigenvalue weighted by atomic mass is 9.99. The van der Waals surface area contributed by atoms with Crippen LogP contribution in [0.15, 0.2) is 24.3 Å². The molecule has 0 spiro atoms. The molecule has 2 rings (SSSR count). The summed E-state index contributed by atoms with van der Waals surface area (Å²) in [5.41, 5.74) is 1.41. The Hall–Kier alpha value is -1.02. The van der Waals surface area contributed by atoms with E-state index in [1.54, 1.807) is 0 Å². The quantitative estimate of drug-likeness (QED) is 0.832. The molecule has 106 valence electrons. The maximum atomic E-state index is 5.84. The summed E-state index contributed by atoms with van der Waals surface area (Å²) in [5, 5.41) is 3.56. The van der Waals surface area contributed by atoms with Crippen LogP contribution in [0.5, 0.6) is 5.75 Å². The number of benzene rings is 1. The Labute approximate surface area is 117 Å². The van der Waals surface area contributed by atoms with E-state index >= 15 is 0 Å². The van der Waals surface area contributed by atoms with Gasteiger partial charge in [-0.05, 0) is 55.8 Å². The molecule has 1 N–H and O–H groups in total. The third kappa shape index (κ3) is 4.54. The SMILES string of the molecule is CC[C@H](C)c1ccc(OCC[C@@H]2CCCCN2)cc1. The highest BCUT2D eigenvalue weighted by Crippen LogP contribution is 2.21. The molecule has 19 heavy (non-hydrogen) atoms. The Morgan fingerprint density at radius 3 is 2.68 bits per heavy atom. The molecule has 2 heteroatoms. The molecule has 0 radical (unpaired) electrons. The van der Waals surface area contributed by atoms with Gasteiger partial charge in [-0.1, -0.05) is 32.4 Å². The predicted molar refractivity (Wildman–Crippen MR) is 80.9 cm³/mol. The Bertz CT molecular complexity index is 354. The minimum absolute atomic E-state index is 0.639. The van der Waals surface area contributed by atoms with Crippen molar-refractivity contribution in [1.82, 2.24) is 5.32 Å². The number of hydrogen-bond donors (Lipinski definition) is 1. The summed E-state index contributed by atoms with van der Waals surface area (Å²) in [5.74, 6) is 1.64. The van der Waals surface area contributed by atoms with Crippen molar-refractivity contribution in [3.63, 3.8) is 0 Å². The van der Waals surface area contributed by atoms with Crippen LogP contribution in [-0.4, -0.2) is 19.2 Å². The predicted octanol–water partition coefficient (Wildman–Crippen LogP) is 4.11. The highest BCUT2D eigenvalue weighted by Gasteiger charge is 2.12. The molecule has 2 atom stereocenters. The zero-order valence-electron chi connectivity index (χ0n) is 12.3. The fourth-order valence-electron chi connectivity index (χ4n) is 2.62. The normalized spacial score (nSPS) is 21.1. The first-order chi connectivity index (χ1) is 9.29.